The quantitative estimate of drug-likeness (QED) is 0.453. The third-order valence-corrected chi connectivity index (χ3v) is 7.64. The number of rotatable bonds is 12. The normalized spacial score (nSPS) is 13.1. The fraction of sp³-hybridized carbons (Fsp3) is 0.481. The summed E-state index contributed by atoms with van der Waals surface area (Å²) in [5, 5.41) is 2.88. The molecular weight excluding hydrogens is 481 g/mol. The summed E-state index contributed by atoms with van der Waals surface area (Å²) >= 11 is 0. The number of hydrogen-bond acceptors (Lipinski definition) is 4. The molecule has 0 bridgehead atoms. The van der Waals surface area contributed by atoms with E-state index >= 15 is 0 Å². The first-order valence-electron chi connectivity index (χ1n) is 12.2. The van der Waals surface area contributed by atoms with Gasteiger partial charge < -0.3 is 10.2 Å². The van der Waals surface area contributed by atoms with Crippen molar-refractivity contribution < 1.29 is 22.4 Å². The highest BCUT2D eigenvalue weighted by Crippen LogP contribution is 2.25. The SMILES string of the molecule is CCC(C)NC(=O)C(C)N(Cc1ccccc1F)C(=O)CCCN(c1cccc(C)c1C)S(C)(=O)=O. The molecule has 2 aromatic rings. The van der Waals surface area contributed by atoms with Gasteiger partial charge in [0.05, 0.1) is 11.9 Å². The van der Waals surface area contributed by atoms with Crippen molar-refractivity contribution in [3.8, 4) is 0 Å². The van der Waals surface area contributed by atoms with E-state index < -0.39 is 21.9 Å². The molecule has 0 saturated carbocycles. The molecule has 0 fully saturated rings. The summed E-state index contributed by atoms with van der Waals surface area (Å²) in [7, 11) is -3.58. The highest BCUT2D eigenvalue weighted by Gasteiger charge is 2.28. The maximum atomic E-state index is 14.4. The Morgan fingerprint density at radius 1 is 1.06 bits per heavy atom. The first kappa shape index (κ1) is 29.3. The number of benzene rings is 2. The minimum Gasteiger partial charge on any atom is -0.352 e. The smallest absolute Gasteiger partial charge is 0.242 e. The Labute approximate surface area is 214 Å². The molecule has 0 radical (unpaired) electrons. The predicted octanol–water partition coefficient (Wildman–Crippen LogP) is 4.32. The Kier molecular flexibility index (Phi) is 10.5. The first-order valence-corrected chi connectivity index (χ1v) is 14.1. The summed E-state index contributed by atoms with van der Waals surface area (Å²) in [6.45, 7) is 9.26. The Morgan fingerprint density at radius 2 is 1.72 bits per heavy atom. The summed E-state index contributed by atoms with van der Waals surface area (Å²) in [6, 6.07) is 10.7. The van der Waals surface area contributed by atoms with Gasteiger partial charge in [-0.15, -0.1) is 0 Å². The molecule has 0 heterocycles. The highest BCUT2D eigenvalue weighted by atomic mass is 32.2. The number of aryl methyl sites for hydroxylation is 1. The number of halogens is 1. The molecule has 0 aliphatic carbocycles. The van der Waals surface area contributed by atoms with Crippen molar-refractivity contribution in [3.05, 3.63) is 65.0 Å². The van der Waals surface area contributed by atoms with E-state index in [4.69, 9.17) is 0 Å². The lowest BCUT2D eigenvalue weighted by Crippen LogP contribution is -2.49. The van der Waals surface area contributed by atoms with E-state index in [1.165, 1.54) is 15.3 Å². The van der Waals surface area contributed by atoms with Crippen molar-refractivity contribution in [2.75, 3.05) is 17.1 Å². The van der Waals surface area contributed by atoms with Crippen LogP contribution in [0.3, 0.4) is 0 Å². The van der Waals surface area contributed by atoms with Gasteiger partial charge in [0.15, 0.2) is 0 Å². The maximum absolute atomic E-state index is 14.4. The summed E-state index contributed by atoms with van der Waals surface area (Å²) in [5.41, 5.74) is 2.71. The zero-order chi connectivity index (χ0) is 27.0. The summed E-state index contributed by atoms with van der Waals surface area (Å²) < 4.78 is 40.8. The lowest BCUT2D eigenvalue weighted by molar-refractivity contribution is -0.141. The number of nitrogens with one attached hydrogen (secondary N) is 1. The lowest BCUT2D eigenvalue weighted by atomic mass is 10.1. The highest BCUT2D eigenvalue weighted by molar-refractivity contribution is 7.92. The van der Waals surface area contributed by atoms with Crippen molar-refractivity contribution in [2.45, 2.75) is 72.5 Å². The van der Waals surface area contributed by atoms with Gasteiger partial charge in [-0.25, -0.2) is 12.8 Å². The number of nitrogens with zero attached hydrogens (tertiary/aromatic N) is 2. The number of carbonyl (C=O) groups is 2. The Morgan fingerprint density at radius 3 is 2.33 bits per heavy atom. The van der Waals surface area contributed by atoms with Crippen molar-refractivity contribution in [2.24, 2.45) is 0 Å². The van der Waals surface area contributed by atoms with Crippen molar-refractivity contribution in [1.29, 1.82) is 0 Å². The third-order valence-electron chi connectivity index (χ3n) is 6.46. The van der Waals surface area contributed by atoms with Crippen LogP contribution in [0.2, 0.25) is 0 Å². The molecule has 0 aromatic heterocycles. The van der Waals surface area contributed by atoms with E-state index in [9.17, 15) is 22.4 Å². The fourth-order valence-electron chi connectivity index (χ4n) is 3.85. The molecule has 2 unspecified atom stereocenters. The Hall–Kier alpha value is -2.94. The standard InChI is InChI=1S/C27H38FN3O4S/c1-7-20(3)29-27(33)22(5)30(18-23-13-8-9-14-24(23)28)26(32)16-11-17-31(36(6,34)35)25-15-10-12-19(2)21(25)4/h8-10,12-15,20,22H,7,11,16-18H2,1-6H3,(H,29,33). The fourth-order valence-corrected chi connectivity index (χ4v) is 4.86. The van der Waals surface area contributed by atoms with Gasteiger partial charge in [0, 0.05) is 31.1 Å². The van der Waals surface area contributed by atoms with Gasteiger partial charge in [-0.2, -0.15) is 0 Å². The van der Waals surface area contributed by atoms with E-state index in [1.807, 2.05) is 33.8 Å². The molecular formula is C27H38FN3O4S. The summed E-state index contributed by atoms with van der Waals surface area (Å²) in [5.74, 6) is -1.12. The molecule has 2 rings (SSSR count). The molecule has 7 nitrogen and oxygen atoms in total. The van der Waals surface area contributed by atoms with Crippen LogP contribution < -0.4 is 9.62 Å². The van der Waals surface area contributed by atoms with Crippen molar-refractivity contribution in [1.82, 2.24) is 10.2 Å². The van der Waals surface area contributed by atoms with Crippen LogP contribution in [0.15, 0.2) is 42.5 Å². The van der Waals surface area contributed by atoms with Crippen LogP contribution in [0.25, 0.3) is 0 Å². The number of carbonyl (C=O) groups excluding carboxylic acids is 2. The number of hydrogen-bond donors (Lipinski definition) is 1. The number of amides is 2. The van der Waals surface area contributed by atoms with Gasteiger partial charge in [0.2, 0.25) is 21.8 Å². The molecule has 0 saturated heterocycles. The van der Waals surface area contributed by atoms with E-state index in [0.717, 1.165) is 23.8 Å². The van der Waals surface area contributed by atoms with E-state index in [0.29, 0.717) is 11.3 Å². The van der Waals surface area contributed by atoms with Crippen LogP contribution in [-0.2, 0) is 26.2 Å². The molecule has 0 spiro atoms. The van der Waals surface area contributed by atoms with Crippen LogP contribution in [-0.4, -0.2) is 50.0 Å². The number of sulfonamides is 1. The largest absolute Gasteiger partial charge is 0.352 e. The van der Waals surface area contributed by atoms with Crippen LogP contribution in [0, 0.1) is 19.7 Å². The average molecular weight is 520 g/mol. The summed E-state index contributed by atoms with van der Waals surface area (Å²) in [6.07, 6.45) is 2.13. The second-order valence-corrected chi connectivity index (χ2v) is 11.2. The third kappa shape index (κ3) is 7.78. The van der Waals surface area contributed by atoms with E-state index in [1.54, 1.807) is 37.3 Å². The molecule has 0 aliphatic heterocycles. The monoisotopic (exact) mass is 519 g/mol. The number of anilines is 1. The van der Waals surface area contributed by atoms with Gasteiger partial charge in [-0.05, 0) is 63.8 Å². The van der Waals surface area contributed by atoms with Crippen molar-refractivity contribution >= 4 is 27.5 Å². The van der Waals surface area contributed by atoms with Crippen molar-refractivity contribution in [3.63, 3.8) is 0 Å². The molecule has 2 atom stereocenters. The minimum absolute atomic E-state index is 0.00624. The van der Waals surface area contributed by atoms with Gasteiger partial charge >= 0.3 is 0 Å². The Balaban J connectivity index is 2.22. The zero-order valence-corrected chi connectivity index (χ0v) is 22.9. The van der Waals surface area contributed by atoms with Gasteiger partial charge in [0.25, 0.3) is 0 Å². The van der Waals surface area contributed by atoms with Gasteiger partial charge in [0.1, 0.15) is 11.9 Å². The molecule has 9 heteroatoms. The molecule has 1 N–H and O–H groups in total. The minimum atomic E-state index is -3.58. The van der Waals surface area contributed by atoms with Gasteiger partial charge in [-0.1, -0.05) is 37.3 Å². The molecule has 0 aliphatic rings. The molecule has 36 heavy (non-hydrogen) atoms. The molecule has 198 valence electrons. The Bertz CT molecular complexity index is 1170. The van der Waals surface area contributed by atoms with Crippen LogP contribution in [0.1, 0.15) is 56.7 Å². The van der Waals surface area contributed by atoms with E-state index in [-0.39, 0.29) is 43.8 Å². The van der Waals surface area contributed by atoms with E-state index in [2.05, 4.69) is 5.32 Å². The van der Waals surface area contributed by atoms with Gasteiger partial charge in [-0.3, -0.25) is 13.9 Å². The maximum Gasteiger partial charge on any atom is 0.242 e. The second-order valence-electron chi connectivity index (χ2n) is 9.26. The second kappa shape index (κ2) is 12.9. The van der Waals surface area contributed by atoms with Crippen LogP contribution in [0.5, 0.6) is 0 Å². The first-order chi connectivity index (χ1) is 16.9. The average Bonchev–Trinajstić information content (AvgIpc) is 2.82. The van der Waals surface area contributed by atoms with Crippen LogP contribution in [0.4, 0.5) is 10.1 Å². The predicted molar refractivity (Wildman–Crippen MR) is 142 cm³/mol. The molecule has 2 amide bonds. The lowest BCUT2D eigenvalue weighted by Gasteiger charge is -2.30. The topological polar surface area (TPSA) is 86.8 Å². The van der Waals surface area contributed by atoms with Crippen LogP contribution >= 0.6 is 0 Å². The molecule has 2 aromatic carbocycles. The summed E-state index contributed by atoms with van der Waals surface area (Å²) in [4.78, 5) is 27.5. The zero-order valence-electron chi connectivity index (χ0n) is 22.0.